The fraction of sp³-hybridized carbons (Fsp3) is 0.286. The van der Waals surface area contributed by atoms with Gasteiger partial charge < -0.3 is 4.74 Å². The van der Waals surface area contributed by atoms with E-state index in [4.69, 9.17) is 0 Å². The summed E-state index contributed by atoms with van der Waals surface area (Å²) in [5, 5.41) is 0. The molecule has 2 heteroatoms. The van der Waals surface area contributed by atoms with Crippen molar-refractivity contribution in [2.24, 2.45) is 0 Å². The number of hydrogen-bond acceptors (Lipinski definition) is 2. The average Bonchev–Trinajstić information content (AvgIpc) is 1.63. The molecule has 50 valence electrons. The van der Waals surface area contributed by atoms with Crippen LogP contribution in [-0.2, 0) is 9.53 Å². The maximum Gasteiger partial charge on any atom is 0.307 e. The van der Waals surface area contributed by atoms with Gasteiger partial charge in [0, 0.05) is 6.92 Å². The van der Waals surface area contributed by atoms with Gasteiger partial charge in [-0.1, -0.05) is 12.2 Å². The third kappa shape index (κ3) is 6.95. The zero-order valence-electron chi connectivity index (χ0n) is 5.68. The molecular weight excluding hydrogens is 116 g/mol. The Labute approximate surface area is 54.8 Å². The van der Waals surface area contributed by atoms with Crippen molar-refractivity contribution in [3.05, 3.63) is 24.5 Å². The predicted octanol–water partition coefficient (Wildman–Crippen LogP) is 1.64. The number of esters is 1. The molecule has 0 rings (SSSR count). The molecule has 0 aliphatic rings. The van der Waals surface area contributed by atoms with Crippen LogP contribution in [0.2, 0.25) is 0 Å². The molecule has 0 aliphatic carbocycles. The van der Waals surface area contributed by atoms with Crippen molar-refractivity contribution in [2.75, 3.05) is 0 Å². The van der Waals surface area contributed by atoms with Gasteiger partial charge in [-0.15, -0.1) is 0 Å². The van der Waals surface area contributed by atoms with Crippen LogP contribution in [0, 0.1) is 0 Å². The highest BCUT2D eigenvalue weighted by atomic mass is 16.5. The minimum absolute atomic E-state index is 0.312. The summed E-state index contributed by atoms with van der Waals surface area (Å²) in [6.07, 6.45) is 2.95. The maximum atomic E-state index is 10.1. The summed E-state index contributed by atoms with van der Waals surface area (Å²) in [4.78, 5) is 10.1. The van der Waals surface area contributed by atoms with Crippen LogP contribution in [0.1, 0.15) is 13.8 Å². The fourth-order valence-corrected chi connectivity index (χ4v) is 0.246. The number of allylic oxidation sites excluding steroid dienone is 2. The van der Waals surface area contributed by atoms with Gasteiger partial charge in [0.15, 0.2) is 0 Å². The van der Waals surface area contributed by atoms with Crippen LogP contribution in [-0.4, -0.2) is 5.97 Å². The van der Waals surface area contributed by atoms with Crippen molar-refractivity contribution in [2.45, 2.75) is 13.8 Å². The highest BCUT2D eigenvalue weighted by molar-refractivity contribution is 5.66. The third-order valence-electron chi connectivity index (χ3n) is 0.587. The van der Waals surface area contributed by atoms with E-state index in [1.807, 2.05) is 6.92 Å². The topological polar surface area (TPSA) is 26.3 Å². The molecule has 0 fully saturated rings. The Morgan fingerprint density at radius 1 is 1.56 bits per heavy atom. The molecule has 0 bridgehead atoms. The second-order valence-corrected chi connectivity index (χ2v) is 1.76. The predicted molar refractivity (Wildman–Crippen MR) is 35.7 cm³/mol. The molecule has 0 aromatic carbocycles. The van der Waals surface area contributed by atoms with Crippen molar-refractivity contribution in [1.82, 2.24) is 0 Å². The minimum atomic E-state index is -0.312. The summed E-state index contributed by atoms with van der Waals surface area (Å²) in [6, 6.07) is 0. The number of rotatable bonds is 2. The minimum Gasteiger partial charge on any atom is -0.435 e. The lowest BCUT2D eigenvalue weighted by Gasteiger charge is -1.88. The maximum absolute atomic E-state index is 10.1. The Hall–Kier alpha value is -1.05. The molecule has 0 N–H and O–H groups in total. The van der Waals surface area contributed by atoms with E-state index in [1.54, 1.807) is 6.08 Å². The first kappa shape index (κ1) is 7.95. The van der Waals surface area contributed by atoms with Gasteiger partial charge in [-0.3, -0.25) is 4.79 Å². The van der Waals surface area contributed by atoms with Crippen LogP contribution in [0.3, 0.4) is 0 Å². The smallest absolute Gasteiger partial charge is 0.307 e. The first-order valence-corrected chi connectivity index (χ1v) is 2.62. The molecule has 0 saturated carbocycles. The lowest BCUT2D eigenvalue weighted by Crippen LogP contribution is -1.88. The monoisotopic (exact) mass is 126 g/mol. The number of carbonyl (C=O) groups excluding carboxylic acids is 1. The van der Waals surface area contributed by atoms with E-state index in [0.29, 0.717) is 0 Å². The van der Waals surface area contributed by atoms with E-state index in [-0.39, 0.29) is 5.97 Å². The molecule has 0 amide bonds. The lowest BCUT2D eigenvalue weighted by molar-refractivity contribution is -0.135. The van der Waals surface area contributed by atoms with E-state index < -0.39 is 0 Å². The van der Waals surface area contributed by atoms with E-state index in [1.165, 1.54) is 13.2 Å². The van der Waals surface area contributed by atoms with Gasteiger partial charge in [-0.05, 0) is 13.0 Å². The van der Waals surface area contributed by atoms with Gasteiger partial charge in [-0.25, -0.2) is 0 Å². The molecule has 0 aromatic rings. The molecule has 0 aliphatic heterocycles. The highest BCUT2D eigenvalue weighted by Gasteiger charge is 1.82. The summed E-state index contributed by atoms with van der Waals surface area (Å²) < 4.78 is 4.47. The molecule has 0 radical (unpaired) electrons. The lowest BCUT2D eigenvalue weighted by atomic mass is 10.3. The van der Waals surface area contributed by atoms with Crippen LogP contribution in [0.4, 0.5) is 0 Å². The summed E-state index contributed by atoms with van der Waals surface area (Å²) in [7, 11) is 0. The Morgan fingerprint density at radius 3 is 2.44 bits per heavy atom. The third-order valence-corrected chi connectivity index (χ3v) is 0.587. The van der Waals surface area contributed by atoms with Crippen molar-refractivity contribution in [3.63, 3.8) is 0 Å². The van der Waals surface area contributed by atoms with Crippen molar-refractivity contribution >= 4 is 5.97 Å². The number of ether oxygens (including phenoxy) is 1. The summed E-state index contributed by atoms with van der Waals surface area (Å²) in [5.41, 5.74) is 0.858. The highest BCUT2D eigenvalue weighted by Crippen LogP contribution is 1.88. The zero-order valence-corrected chi connectivity index (χ0v) is 5.68. The molecule has 0 saturated heterocycles. The Morgan fingerprint density at radius 2 is 2.11 bits per heavy atom. The largest absolute Gasteiger partial charge is 0.435 e. The van der Waals surface area contributed by atoms with Crippen molar-refractivity contribution in [1.29, 1.82) is 0 Å². The van der Waals surface area contributed by atoms with Crippen LogP contribution in [0.15, 0.2) is 24.5 Å². The van der Waals surface area contributed by atoms with E-state index in [0.717, 1.165) is 5.57 Å². The van der Waals surface area contributed by atoms with Crippen molar-refractivity contribution < 1.29 is 9.53 Å². The second kappa shape index (κ2) is 3.89. The average molecular weight is 126 g/mol. The van der Waals surface area contributed by atoms with Crippen LogP contribution in [0.25, 0.3) is 0 Å². The Kier molecular flexibility index (Phi) is 3.44. The molecule has 0 atom stereocenters. The number of hydrogen-bond donors (Lipinski definition) is 0. The van der Waals surface area contributed by atoms with Gasteiger partial charge in [0.2, 0.25) is 0 Å². The molecular formula is C7H10O2. The molecule has 0 heterocycles. The van der Waals surface area contributed by atoms with Crippen molar-refractivity contribution in [3.8, 4) is 0 Å². The summed E-state index contributed by atoms with van der Waals surface area (Å²) in [5.74, 6) is -0.312. The van der Waals surface area contributed by atoms with Crippen LogP contribution < -0.4 is 0 Å². The Balaban J connectivity index is 3.48. The van der Waals surface area contributed by atoms with Gasteiger partial charge in [0.1, 0.15) is 0 Å². The van der Waals surface area contributed by atoms with Gasteiger partial charge in [-0.2, -0.15) is 0 Å². The molecule has 0 unspecified atom stereocenters. The van der Waals surface area contributed by atoms with Crippen LogP contribution in [0.5, 0.6) is 0 Å². The van der Waals surface area contributed by atoms with E-state index in [2.05, 4.69) is 11.3 Å². The fourth-order valence-electron chi connectivity index (χ4n) is 0.246. The molecule has 0 aromatic heterocycles. The van der Waals surface area contributed by atoms with E-state index >= 15 is 0 Å². The summed E-state index contributed by atoms with van der Waals surface area (Å²) >= 11 is 0. The van der Waals surface area contributed by atoms with Gasteiger partial charge in [0.05, 0.1) is 6.26 Å². The SMILES string of the molecule is C=C(C)/C=C/OC(C)=O. The van der Waals surface area contributed by atoms with E-state index in [9.17, 15) is 4.79 Å². The Bertz CT molecular complexity index is 145. The van der Waals surface area contributed by atoms with Gasteiger partial charge >= 0.3 is 5.97 Å². The summed E-state index contributed by atoms with van der Waals surface area (Å²) in [6.45, 7) is 6.74. The first-order valence-electron chi connectivity index (χ1n) is 2.62. The standard InChI is InChI=1S/C7H10O2/c1-6(2)4-5-9-7(3)8/h4-5H,1H2,2-3H3/b5-4+. The quantitative estimate of drug-likeness (QED) is 0.319. The molecule has 0 spiro atoms. The second-order valence-electron chi connectivity index (χ2n) is 1.76. The van der Waals surface area contributed by atoms with Crippen LogP contribution >= 0.6 is 0 Å². The molecule has 2 nitrogen and oxygen atoms in total. The normalized spacial score (nSPS) is 9.56. The van der Waals surface area contributed by atoms with Gasteiger partial charge in [0.25, 0.3) is 0 Å². The molecule has 9 heavy (non-hydrogen) atoms. The first-order chi connectivity index (χ1) is 4.13. The number of carbonyl (C=O) groups is 1. The zero-order chi connectivity index (χ0) is 7.28.